The molecule has 0 unspecified atom stereocenters. The van der Waals surface area contributed by atoms with E-state index in [4.69, 9.17) is 4.74 Å². The quantitative estimate of drug-likeness (QED) is 0.499. The lowest BCUT2D eigenvalue weighted by Gasteiger charge is -2.31. The van der Waals surface area contributed by atoms with Gasteiger partial charge in [-0.15, -0.1) is 0 Å². The van der Waals surface area contributed by atoms with Gasteiger partial charge in [0.2, 0.25) is 0 Å². The maximum atomic E-state index is 12.0. The summed E-state index contributed by atoms with van der Waals surface area (Å²) in [6.45, 7) is 9.35. The zero-order chi connectivity index (χ0) is 18.8. The minimum absolute atomic E-state index is 0.0772. The Hall–Kier alpha value is -1.43. The number of rotatable bonds is 1. The Morgan fingerprint density at radius 1 is 1.28 bits per heavy atom. The van der Waals surface area contributed by atoms with Crippen LogP contribution in [-0.4, -0.2) is 44.7 Å². The molecule has 2 rings (SSSR count). The molecule has 0 aromatic carbocycles. The van der Waals surface area contributed by atoms with Gasteiger partial charge in [0.25, 0.3) is 0 Å². The summed E-state index contributed by atoms with van der Waals surface area (Å²) in [5, 5.41) is 31.7. The smallest absolute Gasteiger partial charge is 0.334 e. The second-order valence-corrected chi connectivity index (χ2v) is 7.89. The molecule has 0 saturated carbocycles. The molecule has 2 aliphatic rings. The monoisotopic (exact) mass is 350 g/mol. The lowest BCUT2D eigenvalue weighted by molar-refractivity contribution is -0.139. The van der Waals surface area contributed by atoms with E-state index in [2.05, 4.69) is 6.58 Å². The van der Waals surface area contributed by atoms with Crippen LogP contribution in [0.2, 0.25) is 0 Å². The minimum atomic E-state index is -1.14. The van der Waals surface area contributed by atoms with Gasteiger partial charge in [-0.2, -0.15) is 0 Å². The molecule has 2 bridgehead atoms. The molecular formula is C20H30O5. The largest absolute Gasteiger partial charge is 0.454 e. The van der Waals surface area contributed by atoms with Crippen LogP contribution in [0.15, 0.2) is 36.0 Å². The first-order chi connectivity index (χ1) is 11.5. The Morgan fingerprint density at radius 3 is 2.60 bits per heavy atom. The van der Waals surface area contributed by atoms with Crippen LogP contribution in [0.1, 0.15) is 52.9 Å². The van der Waals surface area contributed by atoms with Gasteiger partial charge in [-0.1, -0.05) is 32.6 Å². The molecule has 3 N–H and O–H groups in total. The lowest BCUT2D eigenvalue weighted by atomic mass is 9.82. The van der Waals surface area contributed by atoms with Crippen molar-refractivity contribution in [3.8, 4) is 0 Å². The van der Waals surface area contributed by atoms with Crippen LogP contribution in [0.5, 0.6) is 0 Å². The Balaban J connectivity index is 2.30. The van der Waals surface area contributed by atoms with Crippen LogP contribution in [0.4, 0.5) is 0 Å². The summed E-state index contributed by atoms with van der Waals surface area (Å²) in [5.41, 5.74) is -1.14. The average molecular weight is 350 g/mol. The fourth-order valence-electron chi connectivity index (χ4n) is 3.16. The summed E-state index contributed by atoms with van der Waals surface area (Å²) < 4.78 is 5.34. The van der Waals surface area contributed by atoms with E-state index in [1.165, 1.54) is 0 Å². The molecule has 0 spiro atoms. The number of hydrogen-bond donors (Lipinski definition) is 3. The molecular weight excluding hydrogens is 320 g/mol. The van der Waals surface area contributed by atoms with Crippen molar-refractivity contribution < 1.29 is 24.9 Å². The fraction of sp³-hybridized carbons (Fsp3) is 0.650. The van der Waals surface area contributed by atoms with Crippen molar-refractivity contribution >= 4 is 5.97 Å². The predicted octanol–water partition coefficient (Wildman–Crippen LogP) is 2.41. The molecule has 0 aromatic rings. The van der Waals surface area contributed by atoms with Gasteiger partial charge < -0.3 is 20.1 Å². The number of aliphatic hydroxyl groups excluding tert-OH is 1. The average Bonchev–Trinajstić information content (AvgIpc) is 2.87. The van der Waals surface area contributed by atoms with Crippen molar-refractivity contribution in [1.29, 1.82) is 0 Å². The Bertz CT molecular complexity index is 587. The normalized spacial score (nSPS) is 37.6. The summed E-state index contributed by atoms with van der Waals surface area (Å²) in [6.07, 6.45) is 5.60. The second-order valence-electron chi connectivity index (χ2n) is 7.89. The van der Waals surface area contributed by atoms with E-state index < -0.39 is 23.4 Å². The number of carbonyl (C=O) groups is 1. The van der Waals surface area contributed by atoms with Crippen LogP contribution in [0.3, 0.4) is 0 Å². The summed E-state index contributed by atoms with van der Waals surface area (Å²) in [5.74, 6) is -0.448. The first-order valence-corrected chi connectivity index (χ1v) is 8.95. The summed E-state index contributed by atoms with van der Waals surface area (Å²) >= 11 is 0. The molecule has 0 fully saturated rings. The first-order valence-electron chi connectivity index (χ1n) is 8.95. The van der Waals surface area contributed by atoms with Crippen molar-refractivity contribution in [1.82, 2.24) is 0 Å². The molecule has 4 atom stereocenters. The molecule has 25 heavy (non-hydrogen) atoms. The Labute approximate surface area is 149 Å². The third-order valence-electron chi connectivity index (χ3n) is 5.29. The molecule has 0 saturated heterocycles. The molecule has 5 nitrogen and oxygen atoms in total. The van der Waals surface area contributed by atoms with E-state index in [1.807, 2.05) is 13.8 Å². The zero-order valence-corrected chi connectivity index (χ0v) is 15.4. The maximum Gasteiger partial charge on any atom is 0.334 e. The second kappa shape index (κ2) is 7.44. The molecule has 140 valence electrons. The Morgan fingerprint density at radius 2 is 1.96 bits per heavy atom. The SMILES string of the molecule is C=C1C[C@H]2C=C(CC[C@](O)(C(C)C)C=C[C@@](C)(O)CC[C@H]1O)C(=O)O2. The van der Waals surface area contributed by atoms with Crippen LogP contribution < -0.4 is 0 Å². The van der Waals surface area contributed by atoms with Crippen LogP contribution in [0.25, 0.3) is 0 Å². The highest BCUT2D eigenvalue weighted by molar-refractivity contribution is 5.90. The summed E-state index contributed by atoms with van der Waals surface area (Å²) in [4.78, 5) is 12.0. The number of hydrogen-bond acceptors (Lipinski definition) is 5. The zero-order valence-electron chi connectivity index (χ0n) is 15.4. The van der Waals surface area contributed by atoms with Gasteiger partial charge in [-0.3, -0.25) is 0 Å². The van der Waals surface area contributed by atoms with Gasteiger partial charge in [-0.25, -0.2) is 4.79 Å². The lowest BCUT2D eigenvalue weighted by Crippen LogP contribution is -2.34. The van der Waals surface area contributed by atoms with Crippen molar-refractivity contribution in [2.45, 2.75) is 76.3 Å². The van der Waals surface area contributed by atoms with Crippen molar-refractivity contribution in [3.63, 3.8) is 0 Å². The van der Waals surface area contributed by atoms with Crippen molar-refractivity contribution in [2.24, 2.45) is 5.92 Å². The number of fused-ring (bicyclic) bond motifs is 1. The van der Waals surface area contributed by atoms with Crippen LogP contribution in [-0.2, 0) is 9.53 Å². The number of aliphatic hydroxyl groups is 3. The standard InChI is InChI=1S/C20H30O5/c1-13(2)20(24)8-5-15-12-16(25-18(15)22)11-14(3)17(21)6-7-19(4,23)9-10-20/h9-10,12-13,16-17,21,23-24H,3,5-8,11H2,1-2,4H3/t16-,17+,19-,20+/m0/s1. The molecule has 1 aliphatic carbocycles. The number of ether oxygens (including phenoxy) is 1. The summed E-state index contributed by atoms with van der Waals surface area (Å²) in [7, 11) is 0. The van der Waals surface area contributed by atoms with Gasteiger partial charge in [0.05, 0.1) is 17.3 Å². The van der Waals surface area contributed by atoms with Gasteiger partial charge in [0.15, 0.2) is 0 Å². The summed E-state index contributed by atoms with van der Waals surface area (Å²) in [6, 6.07) is 0. The molecule has 0 amide bonds. The van der Waals surface area contributed by atoms with Crippen molar-refractivity contribution in [2.75, 3.05) is 0 Å². The number of esters is 1. The van der Waals surface area contributed by atoms with Crippen LogP contribution in [0, 0.1) is 5.92 Å². The van der Waals surface area contributed by atoms with Gasteiger partial charge >= 0.3 is 5.97 Å². The molecule has 0 radical (unpaired) electrons. The predicted molar refractivity (Wildman–Crippen MR) is 95.7 cm³/mol. The van der Waals surface area contributed by atoms with E-state index in [-0.39, 0.29) is 11.9 Å². The highest BCUT2D eigenvalue weighted by Gasteiger charge is 2.33. The number of carbonyl (C=O) groups excluding carboxylic acids is 1. The van der Waals surface area contributed by atoms with Gasteiger partial charge in [0.1, 0.15) is 6.10 Å². The van der Waals surface area contributed by atoms with Gasteiger partial charge in [0, 0.05) is 12.0 Å². The van der Waals surface area contributed by atoms with Crippen molar-refractivity contribution in [3.05, 3.63) is 36.0 Å². The van der Waals surface area contributed by atoms with E-state index in [9.17, 15) is 20.1 Å². The van der Waals surface area contributed by atoms with E-state index in [0.29, 0.717) is 43.3 Å². The molecule has 1 aliphatic heterocycles. The maximum absolute atomic E-state index is 12.0. The van der Waals surface area contributed by atoms with E-state index in [0.717, 1.165) is 0 Å². The highest BCUT2D eigenvalue weighted by atomic mass is 16.5. The fourth-order valence-corrected chi connectivity index (χ4v) is 3.16. The molecule has 5 heteroatoms. The minimum Gasteiger partial charge on any atom is -0.454 e. The van der Waals surface area contributed by atoms with Gasteiger partial charge in [-0.05, 0) is 50.2 Å². The highest BCUT2D eigenvalue weighted by Crippen LogP contribution is 2.32. The van der Waals surface area contributed by atoms with E-state index >= 15 is 0 Å². The topological polar surface area (TPSA) is 87.0 Å². The third-order valence-corrected chi connectivity index (χ3v) is 5.29. The third kappa shape index (κ3) is 5.03. The molecule has 1 heterocycles. The van der Waals surface area contributed by atoms with E-state index in [1.54, 1.807) is 25.2 Å². The molecule has 0 aromatic heterocycles. The Kier molecular flexibility index (Phi) is 5.92. The first kappa shape index (κ1) is 19.9. The van der Waals surface area contributed by atoms with Crippen LogP contribution >= 0.6 is 0 Å².